The van der Waals surface area contributed by atoms with Gasteiger partial charge in [0.25, 0.3) is 0 Å². The van der Waals surface area contributed by atoms with E-state index < -0.39 is 0 Å². The fraction of sp³-hybridized carbons (Fsp3) is 0.0938. The minimum atomic E-state index is -0.123. The Labute approximate surface area is 214 Å². The molecule has 176 valence electrons. The molecule has 0 bridgehead atoms. The molecule has 0 saturated heterocycles. The van der Waals surface area contributed by atoms with Gasteiger partial charge < -0.3 is 9.84 Å². The standard InChI is InChI=1S/C32H25NO2S/c34-32-24-13-5-4-12-23(24)18-19-26(32)27(20-31-33-28-15-7-9-17-30(28)36-31)25-14-6-8-16-29(25)35-21-22-10-2-1-3-11-22/h1-19,27,34H,20-21H2. The molecule has 0 aliphatic heterocycles. The molecule has 0 radical (unpaired) electrons. The fourth-order valence-electron chi connectivity index (χ4n) is 4.76. The van der Waals surface area contributed by atoms with Crippen LogP contribution in [0.25, 0.3) is 21.0 Å². The Hall–Kier alpha value is -4.15. The molecule has 1 N–H and O–H groups in total. The Kier molecular flexibility index (Phi) is 6.10. The first-order valence-corrected chi connectivity index (χ1v) is 12.9. The number of nitrogens with zero attached hydrogens (tertiary/aromatic N) is 1. The van der Waals surface area contributed by atoms with Crippen LogP contribution < -0.4 is 4.74 Å². The van der Waals surface area contributed by atoms with Crippen molar-refractivity contribution in [1.82, 2.24) is 4.98 Å². The van der Waals surface area contributed by atoms with Crippen LogP contribution in [0, 0.1) is 0 Å². The fourth-order valence-corrected chi connectivity index (χ4v) is 5.77. The van der Waals surface area contributed by atoms with Crippen molar-refractivity contribution < 1.29 is 9.84 Å². The Morgan fingerprint density at radius 2 is 1.47 bits per heavy atom. The molecule has 1 unspecified atom stereocenters. The molecule has 0 spiro atoms. The second-order valence-corrected chi connectivity index (χ2v) is 9.98. The molecule has 0 aliphatic rings. The summed E-state index contributed by atoms with van der Waals surface area (Å²) in [5, 5.41) is 14.3. The third-order valence-corrected chi connectivity index (χ3v) is 7.61. The van der Waals surface area contributed by atoms with Gasteiger partial charge in [0.2, 0.25) is 0 Å². The molecule has 4 heteroatoms. The number of rotatable bonds is 7. The maximum Gasteiger partial charge on any atom is 0.127 e. The van der Waals surface area contributed by atoms with Gasteiger partial charge in [0.05, 0.1) is 15.2 Å². The number of aromatic nitrogens is 1. The Morgan fingerprint density at radius 3 is 2.36 bits per heavy atom. The van der Waals surface area contributed by atoms with Crippen molar-refractivity contribution >= 4 is 32.3 Å². The van der Waals surface area contributed by atoms with Gasteiger partial charge in [0, 0.05) is 28.9 Å². The van der Waals surface area contributed by atoms with Gasteiger partial charge in [-0.15, -0.1) is 11.3 Å². The monoisotopic (exact) mass is 487 g/mol. The van der Waals surface area contributed by atoms with Crippen LogP contribution in [0.2, 0.25) is 0 Å². The molecule has 1 atom stereocenters. The number of para-hydroxylation sites is 2. The van der Waals surface area contributed by atoms with Gasteiger partial charge >= 0.3 is 0 Å². The van der Waals surface area contributed by atoms with Crippen LogP contribution in [0.5, 0.6) is 11.5 Å². The molecule has 0 aliphatic carbocycles. The van der Waals surface area contributed by atoms with E-state index in [-0.39, 0.29) is 5.92 Å². The highest BCUT2D eigenvalue weighted by Gasteiger charge is 2.24. The Balaban J connectivity index is 1.44. The summed E-state index contributed by atoms with van der Waals surface area (Å²) < 4.78 is 7.52. The predicted molar refractivity (Wildman–Crippen MR) is 148 cm³/mol. The number of hydrogen-bond donors (Lipinski definition) is 1. The lowest BCUT2D eigenvalue weighted by atomic mass is 9.86. The van der Waals surface area contributed by atoms with E-state index in [1.54, 1.807) is 11.3 Å². The number of ether oxygens (including phenoxy) is 1. The van der Waals surface area contributed by atoms with Crippen molar-refractivity contribution in [3.05, 3.63) is 137 Å². The summed E-state index contributed by atoms with van der Waals surface area (Å²) in [5.41, 5.74) is 4.04. The van der Waals surface area contributed by atoms with E-state index in [1.165, 1.54) is 4.70 Å². The van der Waals surface area contributed by atoms with Crippen molar-refractivity contribution in [2.75, 3.05) is 0 Å². The van der Waals surface area contributed by atoms with Gasteiger partial charge in [-0.05, 0) is 29.1 Å². The van der Waals surface area contributed by atoms with E-state index in [2.05, 4.69) is 36.4 Å². The lowest BCUT2D eigenvalue weighted by Gasteiger charge is -2.22. The third-order valence-electron chi connectivity index (χ3n) is 6.56. The van der Waals surface area contributed by atoms with Crippen molar-refractivity contribution in [3.8, 4) is 11.5 Å². The average Bonchev–Trinajstić information content (AvgIpc) is 3.35. The van der Waals surface area contributed by atoms with Gasteiger partial charge in [-0.25, -0.2) is 4.98 Å². The van der Waals surface area contributed by atoms with Crippen LogP contribution in [0.1, 0.15) is 27.6 Å². The normalized spacial score (nSPS) is 12.1. The van der Waals surface area contributed by atoms with Gasteiger partial charge in [-0.3, -0.25) is 0 Å². The highest BCUT2D eigenvalue weighted by Crippen LogP contribution is 2.42. The summed E-state index contributed by atoms with van der Waals surface area (Å²) in [7, 11) is 0. The zero-order chi connectivity index (χ0) is 24.3. The van der Waals surface area contributed by atoms with Crippen molar-refractivity contribution in [3.63, 3.8) is 0 Å². The molecule has 1 heterocycles. The lowest BCUT2D eigenvalue weighted by molar-refractivity contribution is 0.301. The second kappa shape index (κ2) is 9.84. The largest absolute Gasteiger partial charge is 0.507 e. The number of fused-ring (bicyclic) bond motifs is 2. The number of phenolic OH excluding ortho intramolecular Hbond substituents is 1. The number of phenols is 1. The van der Waals surface area contributed by atoms with E-state index in [4.69, 9.17) is 9.72 Å². The summed E-state index contributed by atoms with van der Waals surface area (Å²) in [6, 6.07) is 38.6. The van der Waals surface area contributed by atoms with Crippen LogP contribution in [-0.4, -0.2) is 10.1 Å². The number of aromatic hydroxyl groups is 1. The van der Waals surface area contributed by atoms with Crippen LogP contribution >= 0.6 is 11.3 Å². The maximum absolute atomic E-state index is 11.4. The molecule has 0 saturated carbocycles. The molecule has 36 heavy (non-hydrogen) atoms. The van der Waals surface area contributed by atoms with E-state index in [0.29, 0.717) is 18.8 Å². The summed E-state index contributed by atoms with van der Waals surface area (Å²) in [6.07, 6.45) is 0.664. The molecular formula is C32H25NO2S. The Morgan fingerprint density at radius 1 is 0.722 bits per heavy atom. The van der Waals surface area contributed by atoms with E-state index in [9.17, 15) is 5.11 Å². The summed E-state index contributed by atoms with van der Waals surface area (Å²) >= 11 is 1.71. The van der Waals surface area contributed by atoms with E-state index in [1.807, 2.05) is 78.9 Å². The molecule has 0 amide bonds. The van der Waals surface area contributed by atoms with Gasteiger partial charge in [0.15, 0.2) is 0 Å². The zero-order valence-electron chi connectivity index (χ0n) is 19.7. The van der Waals surface area contributed by atoms with E-state index >= 15 is 0 Å². The molecule has 0 fully saturated rings. The SMILES string of the molecule is Oc1c(C(Cc2nc3ccccc3s2)c2ccccc2OCc2ccccc2)ccc2ccccc12. The van der Waals surface area contributed by atoms with Crippen LogP contribution in [0.15, 0.2) is 115 Å². The molecule has 6 aromatic rings. The van der Waals surface area contributed by atoms with Gasteiger partial charge in [-0.1, -0.05) is 97.1 Å². The van der Waals surface area contributed by atoms with Crippen molar-refractivity contribution in [2.24, 2.45) is 0 Å². The summed E-state index contributed by atoms with van der Waals surface area (Å²) in [6.45, 7) is 0.482. The van der Waals surface area contributed by atoms with Crippen molar-refractivity contribution in [1.29, 1.82) is 0 Å². The first-order chi connectivity index (χ1) is 17.8. The van der Waals surface area contributed by atoms with E-state index in [0.717, 1.165) is 43.7 Å². The smallest absolute Gasteiger partial charge is 0.127 e. The molecule has 3 nitrogen and oxygen atoms in total. The third kappa shape index (κ3) is 4.43. The highest BCUT2D eigenvalue weighted by molar-refractivity contribution is 7.18. The lowest BCUT2D eigenvalue weighted by Crippen LogP contribution is -2.08. The minimum absolute atomic E-state index is 0.123. The molecule has 5 aromatic carbocycles. The van der Waals surface area contributed by atoms with Crippen LogP contribution in [-0.2, 0) is 13.0 Å². The minimum Gasteiger partial charge on any atom is -0.507 e. The number of hydrogen-bond acceptors (Lipinski definition) is 4. The summed E-state index contributed by atoms with van der Waals surface area (Å²) in [4.78, 5) is 4.91. The molecule has 6 rings (SSSR count). The van der Waals surface area contributed by atoms with Crippen molar-refractivity contribution in [2.45, 2.75) is 18.9 Å². The Bertz CT molecular complexity index is 1610. The molecular weight excluding hydrogens is 462 g/mol. The number of benzene rings is 5. The number of thiazole rings is 1. The maximum atomic E-state index is 11.4. The van der Waals surface area contributed by atoms with Crippen LogP contribution in [0.4, 0.5) is 0 Å². The van der Waals surface area contributed by atoms with Crippen LogP contribution in [0.3, 0.4) is 0 Å². The topological polar surface area (TPSA) is 42.4 Å². The quantitative estimate of drug-likeness (QED) is 0.247. The first-order valence-electron chi connectivity index (χ1n) is 12.1. The predicted octanol–water partition coefficient (Wildman–Crippen LogP) is 8.11. The zero-order valence-corrected chi connectivity index (χ0v) is 20.5. The second-order valence-electron chi connectivity index (χ2n) is 8.87. The first kappa shape index (κ1) is 22.3. The van der Waals surface area contributed by atoms with Gasteiger partial charge in [-0.2, -0.15) is 0 Å². The van der Waals surface area contributed by atoms with Gasteiger partial charge in [0.1, 0.15) is 18.1 Å². The summed E-state index contributed by atoms with van der Waals surface area (Å²) in [5.74, 6) is 1.01. The highest BCUT2D eigenvalue weighted by atomic mass is 32.1. The molecule has 1 aromatic heterocycles. The average molecular weight is 488 g/mol.